The maximum atomic E-state index is 5.58. The molecule has 0 aliphatic carbocycles. The first kappa shape index (κ1) is 20.8. The minimum absolute atomic E-state index is 0.561. The van der Waals surface area contributed by atoms with Crippen LogP contribution in [0, 0.1) is 13.8 Å². The third-order valence-corrected chi connectivity index (χ3v) is 4.15. The Morgan fingerprint density at radius 2 is 1.63 bits per heavy atom. The molecule has 0 atom stereocenters. The van der Waals surface area contributed by atoms with Gasteiger partial charge in [0.2, 0.25) is 0 Å². The summed E-state index contributed by atoms with van der Waals surface area (Å²) in [7, 11) is 3.46. The molecule has 0 aromatic heterocycles. The molecular weight excluding hydrogens is 338 g/mol. The van der Waals surface area contributed by atoms with Gasteiger partial charge < -0.3 is 20.1 Å². The molecule has 2 aromatic carbocycles. The minimum Gasteiger partial charge on any atom is -0.491 e. The molecule has 0 saturated carbocycles. The van der Waals surface area contributed by atoms with Gasteiger partial charge in [-0.2, -0.15) is 0 Å². The monoisotopic (exact) mass is 369 g/mol. The molecule has 2 N–H and O–H groups in total. The molecule has 27 heavy (non-hydrogen) atoms. The molecule has 5 heteroatoms. The fraction of sp³-hybridized carbons (Fsp3) is 0.409. The van der Waals surface area contributed by atoms with E-state index in [4.69, 9.17) is 9.47 Å². The van der Waals surface area contributed by atoms with Gasteiger partial charge in [0.15, 0.2) is 5.96 Å². The van der Waals surface area contributed by atoms with Crippen molar-refractivity contribution in [3.8, 4) is 5.75 Å². The summed E-state index contributed by atoms with van der Waals surface area (Å²) < 4.78 is 10.6. The van der Waals surface area contributed by atoms with Crippen LogP contribution in [0.2, 0.25) is 0 Å². The van der Waals surface area contributed by atoms with E-state index in [1.165, 1.54) is 22.3 Å². The van der Waals surface area contributed by atoms with Crippen molar-refractivity contribution in [3.05, 3.63) is 64.7 Å². The van der Waals surface area contributed by atoms with Crippen LogP contribution in [-0.2, 0) is 17.7 Å². The Morgan fingerprint density at radius 1 is 0.926 bits per heavy atom. The summed E-state index contributed by atoms with van der Waals surface area (Å²) in [6.45, 7) is 6.98. The second-order valence-corrected chi connectivity index (χ2v) is 6.58. The number of guanidine groups is 1. The van der Waals surface area contributed by atoms with Crippen LogP contribution in [0.4, 0.5) is 0 Å². The normalized spacial score (nSPS) is 11.3. The topological polar surface area (TPSA) is 54.9 Å². The van der Waals surface area contributed by atoms with Gasteiger partial charge in [0.05, 0.1) is 6.61 Å². The van der Waals surface area contributed by atoms with E-state index in [9.17, 15) is 0 Å². The Labute approximate surface area is 162 Å². The second kappa shape index (κ2) is 11.2. The van der Waals surface area contributed by atoms with E-state index in [2.05, 4.69) is 59.8 Å². The molecule has 0 aliphatic rings. The molecule has 0 fully saturated rings. The maximum Gasteiger partial charge on any atom is 0.191 e. The van der Waals surface area contributed by atoms with Crippen molar-refractivity contribution >= 4 is 5.96 Å². The first-order valence-electron chi connectivity index (χ1n) is 9.33. The Balaban J connectivity index is 1.75. The zero-order valence-corrected chi connectivity index (χ0v) is 16.8. The van der Waals surface area contributed by atoms with Crippen molar-refractivity contribution in [1.82, 2.24) is 10.6 Å². The number of aliphatic imine (C=N–C) groups is 1. The van der Waals surface area contributed by atoms with Gasteiger partial charge in [0.25, 0.3) is 0 Å². The molecule has 0 bridgehead atoms. The molecule has 0 saturated heterocycles. The van der Waals surface area contributed by atoms with Crippen LogP contribution in [0.1, 0.15) is 22.3 Å². The molecule has 146 valence electrons. The molecule has 0 amide bonds. The number of benzene rings is 2. The summed E-state index contributed by atoms with van der Waals surface area (Å²) in [5.41, 5.74) is 5.13. The number of aryl methyl sites for hydroxylation is 2. The Kier molecular flexibility index (Phi) is 8.65. The minimum atomic E-state index is 0.561. The zero-order valence-electron chi connectivity index (χ0n) is 16.8. The van der Waals surface area contributed by atoms with Gasteiger partial charge in [-0.3, -0.25) is 4.99 Å². The van der Waals surface area contributed by atoms with E-state index in [-0.39, 0.29) is 0 Å². The number of ether oxygens (including phenoxy) is 2. The lowest BCUT2D eigenvalue weighted by molar-refractivity contribution is 0.146. The zero-order chi connectivity index (χ0) is 19.5. The molecule has 0 unspecified atom stereocenters. The average molecular weight is 370 g/mol. The lowest BCUT2D eigenvalue weighted by Crippen LogP contribution is -2.37. The highest BCUT2D eigenvalue weighted by atomic mass is 16.5. The highest BCUT2D eigenvalue weighted by molar-refractivity contribution is 5.79. The molecule has 2 rings (SSSR count). The second-order valence-electron chi connectivity index (χ2n) is 6.58. The van der Waals surface area contributed by atoms with Gasteiger partial charge in [0.1, 0.15) is 12.4 Å². The highest BCUT2D eigenvalue weighted by Crippen LogP contribution is 2.12. The van der Waals surface area contributed by atoms with E-state index in [1.807, 2.05) is 12.1 Å². The van der Waals surface area contributed by atoms with Crippen molar-refractivity contribution in [2.75, 3.05) is 33.9 Å². The molecule has 0 aliphatic heterocycles. The van der Waals surface area contributed by atoms with Crippen LogP contribution in [0.3, 0.4) is 0 Å². The predicted octanol–water partition coefficient (Wildman–Crippen LogP) is 3.24. The number of nitrogens with zero attached hydrogens (tertiary/aromatic N) is 1. The van der Waals surface area contributed by atoms with Crippen LogP contribution in [0.15, 0.2) is 47.5 Å². The van der Waals surface area contributed by atoms with Crippen molar-refractivity contribution < 1.29 is 9.47 Å². The molecule has 0 radical (unpaired) electrons. The van der Waals surface area contributed by atoms with Crippen LogP contribution in [-0.4, -0.2) is 39.9 Å². The number of nitrogens with one attached hydrogen (secondary N) is 2. The van der Waals surface area contributed by atoms with E-state index >= 15 is 0 Å². The lowest BCUT2D eigenvalue weighted by Gasteiger charge is -2.13. The largest absolute Gasteiger partial charge is 0.491 e. The number of rotatable bonds is 9. The maximum absolute atomic E-state index is 5.58. The van der Waals surface area contributed by atoms with Gasteiger partial charge in [-0.15, -0.1) is 0 Å². The van der Waals surface area contributed by atoms with E-state index in [0.717, 1.165) is 24.7 Å². The fourth-order valence-electron chi connectivity index (χ4n) is 2.89. The molecule has 0 spiro atoms. The van der Waals surface area contributed by atoms with Gasteiger partial charge in [-0.05, 0) is 43.5 Å². The first-order chi connectivity index (χ1) is 13.1. The van der Waals surface area contributed by atoms with Crippen molar-refractivity contribution in [3.63, 3.8) is 0 Å². The van der Waals surface area contributed by atoms with Crippen LogP contribution >= 0.6 is 0 Å². The van der Waals surface area contributed by atoms with E-state index < -0.39 is 0 Å². The van der Waals surface area contributed by atoms with Gasteiger partial charge in [-0.1, -0.05) is 41.5 Å². The molecular formula is C22H31N3O2. The summed E-state index contributed by atoms with van der Waals surface area (Å²) in [5.74, 6) is 1.66. The van der Waals surface area contributed by atoms with Crippen LogP contribution < -0.4 is 15.4 Å². The van der Waals surface area contributed by atoms with E-state index in [1.54, 1.807) is 14.2 Å². The highest BCUT2D eigenvalue weighted by Gasteiger charge is 2.01. The standard InChI is InChI=1S/C22H31N3O2/c1-17-13-18(2)15-20(14-17)9-10-24-22(23-3)25-16-19-5-7-21(8-6-19)27-12-11-26-4/h5-8,13-15H,9-12,16H2,1-4H3,(H2,23,24,25). The van der Waals surface area contributed by atoms with Crippen molar-refractivity contribution in [2.45, 2.75) is 26.8 Å². The lowest BCUT2D eigenvalue weighted by atomic mass is 10.1. The summed E-state index contributed by atoms with van der Waals surface area (Å²) in [6, 6.07) is 14.7. The third kappa shape index (κ3) is 7.71. The molecule has 2 aromatic rings. The SMILES string of the molecule is CN=C(NCCc1cc(C)cc(C)c1)NCc1ccc(OCCOC)cc1. The first-order valence-corrected chi connectivity index (χ1v) is 9.33. The molecule has 5 nitrogen and oxygen atoms in total. The predicted molar refractivity (Wildman–Crippen MR) is 112 cm³/mol. The summed E-state index contributed by atoms with van der Waals surface area (Å²) in [4.78, 5) is 4.29. The van der Waals surface area contributed by atoms with Crippen LogP contribution in [0.25, 0.3) is 0 Å². The van der Waals surface area contributed by atoms with Crippen molar-refractivity contribution in [2.24, 2.45) is 4.99 Å². The van der Waals surface area contributed by atoms with E-state index in [0.29, 0.717) is 19.8 Å². The summed E-state index contributed by atoms with van der Waals surface area (Å²) in [5, 5.41) is 6.72. The average Bonchev–Trinajstić information content (AvgIpc) is 2.65. The number of methoxy groups -OCH3 is 1. The van der Waals surface area contributed by atoms with Crippen LogP contribution in [0.5, 0.6) is 5.75 Å². The smallest absolute Gasteiger partial charge is 0.191 e. The summed E-state index contributed by atoms with van der Waals surface area (Å²) >= 11 is 0. The Bertz CT molecular complexity index is 707. The molecule has 0 heterocycles. The Morgan fingerprint density at radius 3 is 2.26 bits per heavy atom. The number of hydrogen-bond acceptors (Lipinski definition) is 3. The third-order valence-electron chi connectivity index (χ3n) is 4.15. The number of hydrogen-bond donors (Lipinski definition) is 2. The van der Waals surface area contributed by atoms with Gasteiger partial charge in [-0.25, -0.2) is 0 Å². The fourth-order valence-corrected chi connectivity index (χ4v) is 2.89. The quantitative estimate of drug-likeness (QED) is 0.405. The van der Waals surface area contributed by atoms with Crippen molar-refractivity contribution in [1.29, 1.82) is 0 Å². The van der Waals surface area contributed by atoms with Gasteiger partial charge in [0, 0.05) is 27.2 Å². The van der Waals surface area contributed by atoms with Gasteiger partial charge >= 0.3 is 0 Å². The summed E-state index contributed by atoms with van der Waals surface area (Å²) in [6.07, 6.45) is 0.969. The Hall–Kier alpha value is -2.53.